The van der Waals surface area contributed by atoms with Gasteiger partial charge in [-0.15, -0.1) is 0 Å². The highest BCUT2D eigenvalue weighted by Gasteiger charge is 2.16. The summed E-state index contributed by atoms with van der Waals surface area (Å²) in [7, 11) is 1.98. The fourth-order valence-corrected chi connectivity index (χ4v) is 3.70. The van der Waals surface area contributed by atoms with Crippen LogP contribution in [-0.4, -0.2) is 22.0 Å². The van der Waals surface area contributed by atoms with Crippen LogP contribution >= 0.6 is 11.8 Å². The molecule has 0 bridgehead atoms. The molecule has 2 aromatic carbocycles. The summed E-state index contributed by atoms with van der Waals surface area (Å²) < 4.78 is 2.00. The average Bonchev–Trinajstić information content (AvgIpc) is 3.06. The maximum absolute atomic E-state index is 13.0. The van der Waals surface area contributed by atoms with Crippen LogP contribution in [0.4, 0.5) is 5.69 Å². The number of carbonyl (C=O) groups is 1. The smallest absolute Gasteiger partial charge is 0.258 e. The topological polar surface area (TPSA) is 38.1 Å². The number of rotatable bonds is 6. The molecule has 5 heteroatoms. The van der Waals surface area contributed by atoms with Crippen molar-refractivity contribution in [2.45, 2.75) is 24.8 Å². The molecule has 0 spiro atoms. The number of amides is 1. The van der Waals surface area contributed by atoms with Gasteiger partial charge >= 0.3 is 0 Å². The average molecular weight is 366 g/mol. The summed E-state index contributed by atoms with van der Waals surface area (Å²) in [5, 5.41) is 0.969. The molecule has 0 atom stereocenters. The quantitative estimate of drug-likeness (QED) is 0.595. The van der Waals surface area contributed by atoms with Gasteiger partial charge in [0.25, 0.3) is 5.91 Å². The monoisotopic (exact) mass is 365 g/mol. The van der Waals surface area contributed by atoms with Gasteiger partial charge in [0.2, 0.25) is 0 Å². The van der Waals surface area contributed by atoms with E-state index in [2.05, 4.69) is 11.1 Å². The highest BCUT2D eigenvalue weighted by atomic mass is 32.2. The summed E-state index contributed by atoms with van der Waals surface area (Å²) in [6.45, 7) is 4.67. The van der Waals surface area contributed by atoms with Gasteiger partial charge in [0, 0.05) is 43.0 Å². The van der Waals surface area contributed by atoms with Gasteiger partial charge in [0.15, 0.2) is 5.16 Å². The molecule has 0 aliphatic carbocycles. The van der Waals surface area contributed by atoms with Crippen LogP contribution in [0, 0.1) is 6.92 Å². The van der Waals surface area contributed by atoms with Crippen molar-refractivity contribution in [3.8, 4) is 0 Å². The number of anilines is 1. The fraction of sp³-hybridized carbons (Fsp3) is 0.238. The highest BCUT2D eigenvalue weighted by Crippen LogP contribution is 2.23. The molecule has 1 heterocycles. The van der Waals surface area contributed by atoms with Crippen LogP contribution in [0.2, 0.25) is 0 Å². The van der Waals surface area contributed by atoms with Gasteiger partial charge in [-0.1, -0.05) is 36.0 Å². The van der Waals surface area contributed by atoms with Crippen LogP contribution in [-0.2, 0) is 12.8 Å². The van der Waals surface area contributed by atoms with Crippen LogP contribution < -0.4 is 4.90 Å². The molecule has 1 aromatic heterocycles. The summed E-state index contributed by atoms with van der Waals surface area (Å²) in [5.74, 6) is 0.810. The lowest BCUT2D eigenvalue weighted by atomic mass is 10.1. The van der Waals surface area contributed by atoms with Crippen molar-refractivity contribution < 1.29 is 4.79 Å². The maximum atomic E-state index is 13.0. The Morgan fingerprint density at radius 3 is 2.69 bits per heavy atom. The summed E-state index contributed by atoms with van der Waals surface area (Å²) >= 11 is 1.67. The first-order valence-electron chi connectivity index (χ1n) is 8.66. The van der Waals surface area contributed by atoms with Crippen LogP contribution in [0.25, 0.3) is 0 Å². The minimum absolute atomic E-state index is 0.0296. The zero-order valence-electron chi connectivity index (χ0n) is 15.3. The first-order valence-corrected chi connectivity index (χ1v) is 9.64. The number of imidazole rings is 1. The third-order valence-corrected chi connectivity index (χ3v) is 5.32. The van der Waals surface area contributed by atoms with E-state index in [1.54, 1.807) is 18.0 Å². The van der Waals surface area contributed by atoms with E-state index >= 15 is 0 Å². The van der Waals surface area contributed by atoms with Crippen LogP contribution in [0.3, 0.4) is 0 Å². The van der Waals surface area contributed by atoms with E-state index < -0.39 is 0 Å². The summed E-state index contributed by atoms with van der Waals surface area (Å²) in [6, 6.07) is 15.9. The second kappa shape index (κ2) is 8.23. The van der Waals surface area contributed by atoms with Gasteiger partial charge in [0.1, 0.15) is 0 Å². The minimum Gasteiger partial charge on any atom is -0.329 e. The molecule has 0 unspecified atom stereocenters. The van der Waals surface area contributed by atoms with Gasteiger partial charge in [-0.05, 0) is 49.2 Å². The zero-order chi connectivity index (χ0) is 18.5. The molecule has 0 fully saturated rings. The molecule has 0 aliphatic heterocycles. The van der Waals surface area contributed by atoms with E-state index in [0.717, 1.165) is 27.7 Å². The van der Waals surface area contributed by atoms with E-state index in [1.165, 1.54) is 0 Å². The summed E-state index contributed by atoms with van der Waals surface area (Å²) in [4.78, 5) is 19.2. The first-order chi connectivity index (χ1) is 12.6. The molecular formula is C21H23N3OS. The molecule has 26 heavy (non-hydrogen) atoms. The number of thioether (sulfide) groups is 1. The number of nitrogens with zero attached hydrogens (tertiary/aromatic N) is 3. The molecule has 4 nitrogen and oxygen atoms in total. The first kappa shape index (κ1) is 18.3. The third-order valence-electron chi connectivity index (χ3n) is 4.19. The molecular weight excluding hydrogens is 342 g/mol. The van der Waals surface area contributed by atoms with Crippen LogP contribution in [0.1, 0.15) is 28.4 Å². The van der Waals surface area contributed by atoms with Crippen molar-refractivity contribution in [1.82, 2.24) is 9.55 Å². The number of carbonyl (C=O) groups excluding carboxylic acids is 1. The Bertz CT molecular complexity index is 904. The molecule has 134 valence electrons. The van der Waals surface area contributed by atoms with E-state index in [-0.39, 0.29) is 5.91 Å². The third kappa shape index (κ3) is 4.17. The van der Waals surface area contributed by atoms with Gasteiger partial charge in [-0.25, -0.2) is 4.98 Å². The highest BCUT2D eigenvalue weighted by molar-refractivity contribution is 7.98. The Hall–Kier alpha value is -2.53. The van der Waals surface area contributed by atoms with Crippen molar-refractivity contribution in [1.29, 1.82) is 0 Å². The van der Waals surface area contributed by atoms with Gasteiger partial charge in [0.05, 0.1) is 0 Å². The molecule has 0 aliphatic rings. The van der Waals surface area contributed by atoms with E-state index in [1.807, 2.05) is 79.0 Å². The fourth-order valence-electron chi connectivity index (χ4n) is 2.83. The van der Waals surface area contributed by atoms with Crippen molar-refractivity contribution in [2.75, 3.05) is 11.4 Å². The number of hydrogen-bond donors (Lipinski definition) is 0. The largest absolute Gasteiger partial charge is 0.329 e. The second-order valence-corrected chi connectivity index (χ2v) is 7.14. The van der Waals surface area contributed by atoms with Gasteiger partial charge in [-0.3, -0.25) is 4.79 Å². The van der Waals surface area contributed by atoms with Crippen LogP contribution in [0.5, 0.6) is 0 Å². The number of aromatic nitrogens is 2. The second-order valence-electron chi connectivity index (χ2n) is 6.20. The molecule has 0 N–H and O–H groups in total. The zero-order valence-corrected chi connectivity index (χ0v) is 16.2. The number of hydrogen-bond acceptors (Lipinski definition) is 3. The predicted octanol–water partition coefficient (Wildman–Crippen LogP) is 4.69. The predicted molar refractivity (Wildman–Crippen MR) is 108 cm³/mol. The Kier molecular flexibility index (Phi) is 5.78. The van der Waals surface area contributed by atoms with E-state index in [0.29, 0.717) is 12.1 Å². The Balaban J connectivity index is 1.77. The van der Waals surface area contributed by atoms with E-state index in [9.17, 15) is 4.79 Å². The summed E-state index contributed by atoms with van der Waals surface area (Å²) in [5.41, 5.74) is 3.91. The van der Waals surface area contributed by atoms with Gasteiger partial charge in [-0.2, -0.15) is 0 Å². The van der Waals surface area contributed by atoms with E-state index in [4.69, 9.17) is 0 Å². The van der Waals surface area contributed by atoms with Crippen molar-refractivity contribution in [2.24, 2.45) is 7.05 Å². The molecule has 1 amide bonds. The Morgan fingerprint density at radius 2 is 2.00 bits per heavy atom. The molecule has 0 radical (unpaired) electrons. The lowest BCUT2D eigenvalue weighted by Gasteiger charge is -2.22. The molecule has 3 aromatic rings. The lowest BCUT2D eigenvalue weighted by molar-refractivity contribution is 0.0988. The van der Waals surface area contributed by atoms with Crippen molar-refractivity contribution >= 4 is 23.4 Å². The Morgan fingerprint density at radius 1 is 1.19 bits per heavy atom. The standard InChI is InChI=1S/C21H23N3OS/c1-4-24(19-10-5-7-16(2)13-19)20(25)18-9-6-8-17(14-18)15-26-21-22-11-12-23(21)3/h5-14H,4,15H2,1-3H3. The summed E-state index contributed by atoms with van der Waals surface area (Å²) in [6.07, 6.45) is 3.73. The maximum Gasteiger partial charge on any atom is 0.258 e. The molecule has 0 saturated heterocycles. The number of benzene rings is 2. The molecule has 0 saturated carbocycles. The lowest BCUT2D eigenvalue weighted by Crippen LogP contribution is -2.30. The van der Waals surface area contributed by atoms with Crippen molar-refractivity contribution in [3.05, 3.63) is 77.6 Å². The normalized spacial score (nSPS) is 10.7. The van der Waals surface area contributed by atoms with Gasteiger partial charge < -0.3 is 9.47 Å². The number of aryl methyl sites for hydroxylation is 2. The minimum atomic E-state index is 0.0296. The Labute approximate surface area is 158 Å². The molecule has 3 rings (SSSR count). The van der Waals surface area contributed by atoms with Crippen molar-refractivity contribution in [3.63, 3.8) is 0 Å². The SMILES string of the molecule is CCN(C(=O)c1cccc(CSc2nccn2C)c1)c1cccc(C)c1. The van der Waals surface area contributed by atoms with Crippen LogP contribution in [0.15, 0.2) is 66.1 Å².